The standard InChI is InChI=1S/C84H56N14O25S3.3O3S/c1-97-59-23-21-55(65-67(59)63(51-15-6-8-17-53(51)73(65)103)69(75(97)105)71(101)40-11-4-3-5-12-40)87-44-19-25-62(126(117,118)119)58(34-44)90-82-92-80(94-84(96-82)123-49-32-43(78(109)110)30-47(37-49)121-39-100)86-28-27-85-79-91-81(95-83(93-79)122-48-31-42(77(107)108)29-46(36-48)120-38-99)88-45-20-26-61(125(114,115)116)57(35-45)89-56-22-24-60-68-64(52-16-7-9-18-54(52)74(104)66(56)68)70(76(106)98(60)2)72(102)41-13-10-14-50(33-41)124(111,112)113;3*1-4(2)3/h3-26,29-39,87,89H,27-28H2,1-2H3,(H,107,108)(H,109,110)(H,111,112,113)(H,114,115,116)(H,117,118,119)(H2,85,88,91,93,95)(H2,86,90,92,94,96);;;. The van der Waals surface area contributed by atoms with Gasteiger partial charge in [0.25, 0.3) is 54.4 Å². The Morgan fingerprint density at radius 3 is 1.17 bits per heavy atom. The first-order valence-electron chi connectivity index (χ1n) is 38.2. The van der Waals surface area contributed by atoms with Gasteiger partial charge in [0.2, 0.25) is 23.8 Å². The molecule has 0 amide bonds. The molecule has 10 aromatic carbocycles. The van der Waals surface area contributed by atoms with Gasteiger partial charge in [-0.3, -0.25) is 52.0 Å². The number of carbonyl (C=O) groups excluding carboxylic acids is 6. The molecule has 0 atom stereocenters. The van der Waals surface area contributed by atoms with E-state index in [4.69, 9.17) is 56.8 Å². The fourth-order valence-electron chi connectivity index (χ4n) is 14.5. The van der Waals surface area contributed by atoms with Gasteiger partial charge in [-0.2, -0.15) is 55.2 Å². The molecule has 11 N–H and O–H groups in total. The third kappa shape index (κ3) is 21.7. The van der Waals surface area contributed by atoms with Crippen molar-refractivity contribution in [3.05, 3.63) is 277 Å². The van der Waals surface area contributed by atoms with Crippen LogP contribution < -0.4 is 62.0 Å². The summed E-state index contributed by atoms with van der Waals surface area (Å²) < 4.78 is 210. The van der Waals surface area contributed by atoms with Crippen LogP contribution in [0, 0.1) is 0 Å². The normalized spacial score (nSPS) is 11.5. The molecular formula is C84H56N14O34S6. The van der Waals surface area contributed by atoms with Crippen LogP contribution in [0.2, 0.25) is 0 Å². The number of carboxylic acids is 2. The van der Waals surface area contributed by atoms with Crippen LogP contribution in [0.15, 0.2) is 224 Å². The van der Waals surface area contributed by atoms with Crippen LogP contribution in [0.25, 0.3) is 44.1 Å². The van der Waals surface area contributed by atoms with Gasteiger partial charge in [0.05, 0.1) is 72.1 Å². The van der Waals surface area contributed by atoms with E-state index in [9.17, 15) is 92.3 Å². The van der Waals surface area contributed by atoms with Crippen molar-refractivity contribution in [2.45, 2.75) is 14.7 Å². The van der Waals surface area contributed by atoms with Crippen LogP contribution in [0.1, 0.15) is 84.4 Å². The summed E-state index contributed by atoms with van der Waals surface area (Å²) in [5.74, 6) is -8.90. The fourth-order valence-corrected chi connectivity index (χ4v) is 16.2. The van der Waals surface area contributed by atoms with Crippen molar-refractivity contribution in [1.82, 2.24) is 39.0 Å². The molecule has 0 saturated carbocycles. The Hall–Kier alpha value is -17.8. The fraction of sp³-hybridized carbons (Fsp3) is 0.0476. The van der Waals surface area contributed by atoms with Crippen LogP contribution in [0.4, 0.5) is 57.9 Å². The van der Waals surface area contributed by atoms with Gasteiger partial charge in [0.1, 0.15) is 32.8 Å². The second-order valence-corrected chi connectivity index (χ2v) is 33.7. The number of carbonyl (C=O) groups is 8. The molecule has 702 valence electrons. The number of hydrogen-bond donors (Lipinski definition) is 11. The topological polar surface area (TPSA) is 724 Å². The highest BCUT2D eigenvalue weighted by atomic mass is 32.2. The Labute approximate surface area is 776 Å². The second-order valence-electron chi connectivity index (χ2n) is 28.3. The van der Waals surface area contributed by atoms with E-state index >= 15 is 4.79 Å². The van der Waals surface area contributed by atoms with E-state index in [0.717, 1.165) is 77.4 Å². The minimum atomic E-state index is -5.21. The summed E-state index contributed by atoms with van der Waals surface area (Å²) in [5, 5.41) is 37.8. The van der Waals surface area contributed by atoms with Crippen molar-refractivity contribution >= 4 is 190 Å². The quantitative estimate of drug-likeness (QED) is 0.00880. The highest BCUT2D eigenvalue weighted by molar-refractivity contribution is 7.86. The summed E-state index contributed by atoms with van der Waals surface area (Å²) in [4.78, 5) is 160. The number of pyridine rings is 2. The van der Waals surface area contributed by atoms with Crippen LogP contribution in [0.3, 0.4) is 0 Å². The van der Waals surface area contributed by atoms with Crippen LogP contribution in [0.5, 0.6) is 35.0 Å². The summed E-state index contributed by atoms with van der Waals surface area (Å²) in [7, 11) is -21.8. The molecule has 138 heavy (non-hydrogen) atoms. The minimum absolute atomic E-state index is 0.00103. The van der Waals surface area contributed by atoms with Crippen LogP contribution in [-0.4, -0.2) is 187 Å². The monoisotopic (exact) mass is 2000 g/mol. The Bertz CT molecular complexity index is 8390. The van der Waals surface area contributed by atoms with E-state index in [-0.39, 0.29) is 155 Å². The lowest BCUT2D eigenvalue weighted by Crippen LogP contribution is -2.29. The average Bonchev–Trinajstić information content (AvgIpc) is 0.708. The molecule has 0 radical (unpaired) electrons. The number of benzene rings is 10. The molecule has 4 aromatic heterocycles. The summed E-state index contributed by atoms with van der Waals surface area (Å²) in [5.41, 5.74) is -3.45. The van der Waals surface area contributed by atoms with Gasteiger partial charge in [0.15, 0.2) is 23.1 Å². The van der Waals surface area contributed by atoms with Crippen LogP contribution >= 0.6 is 0 Å². The molecule has 4 heterocycles. The van der Waals surface area contributed by atoms with Crippen molar-refractivity contribution in [3.63, 3.8) is 0 Å². The Morgan fingerprint density at radius 2 is 0.754 bits per heavy atom. The predicted molar refractivity (Wildman–Crippen MR) is 477 cm³/mol. The predicted octanol–water partition coefficient (Wildman–Crippen LogP) is 7.92. The van der Waals surface area contributed by atoms with Crippen molar-refractivity contribution in [3.8, 4) is 57.3 Å². The number of aromatic carboxylic acids is 2. The summed E-state index contributed by atoms with van der Waals surface area (Å²) in [6.07, 6.45) is 0. The highest BCUT2D eigenvalue weighted by Gasteiger charge is 2.38. The Balaban J connectivity index is 0.00000127. The largest absolute Gasteiger partial charge is 0.478 e. The first kappa shape index (κ1) is 97.7. The lowest BCUT2D eigenvalue weighted by atomic mass is 9.80. The molecule has 14 aromatic rings. The highest BCUT2D eigenvalue weighted by Crippen LogP contribution is 2.48. The number of nitrogens with zero attached hydrogens (tertiary/aromatic N) is 8. The SMILES string of the molecule is Cn1c(=O)c(C(=O)c2ccccc2)c2c3c(c(Nc4ccc(S(=O)(=O)O)c(Nc5nc(NCCNc6nc(Nc7ccc(S(=O)(=O)O)c(Nc8ccc9c%10c8C(=O)c8ccccc8-c%10c(C(=O)c8cccc(S(=O)(=O)O)c8)c(=O)n9C)c7)nc(Oc7cc(OC=O)cc(C(=O)O)c7)n6)nc(Oc6cc(OC=O)cc(C(=O)O)c6)n5)c4)ccc31)C(=O)c1ccccc1-2.O=S(=O)=O.O=S(=O)=O.O=S(=O)=O. The van der Waals surface area contributed by atoms with Crippen molar-refractivity contribution < 1.29 is 144 Å². The molecule has 0 fully saturated rings. The zero-order chi connectivity index (χ0) is 99.8. The van der Waals surface area contributed by atoms with E-state index < -0.39 is 181 Å². The summed E-state index contributed by atoms with van der Waals surface area (Å²) in [6, 6.07) is 42.1. The van der Waals surface area contributed by atoms with Gasteiger partial charge in [-0.15, -0.1) is 37.9 Å². The third-order valence-corrected chi connectivity index (χ3v) is 22.5. The van der Waals surface area contributed by atoms with Crippen molar-refractivity contribution in [2.24, 2.45) is 14.1 Å². The average molecular weight is 2000 g/mol. The molecule has 0 spiro atoms. The van der Waals surface area contributed by atoms with Crippen molar-refractivity contribution in [1.29, 1.82) is 0 Å². The van der Waals surface area contributed by atoms with E-state index in [1.807, 2.05) is 0 Å². The third-order valence-electron chi connectivity index (χ3n) is 19.9. The number of carboxylic acid groups (broad SMARTS) is 2. The zero-order valence-corrected chi connectivity index (χ0v) is 74.1. The molecule has 2 aliphatic rings. The molecule has 16 rings (SSSR count). The molecule has 0 saturated heterocycles. The first-order valence-corrected chi connectivity index (χ1v) is 45.6. The first-order chi connectivity index (χ1) is 65.4. The Morgan fingerprint density at radius 1 is 0.377 bits per heavy atom. The number of hydrogen-bond acceptors (Lipinski definition) is 41. The molecule has 54 heteroatoms. The van der Waals surface area contributed by atoms with Crippen LogP contribution in [-0.2, 0) is 85.9 Å². The smallest absolute Gasteiger partial charge is 0.425 e. The molecule has 2 aliphatic carbocycles. The summed E-state index contributed by atoms with van der Waals surface area (Å²) in [6.45, 7) is -0.532. The molecule has 0 aliphatic heterocycles. The van der Waals surface area contributed by atoms with Gasteiger partial charge in [-0.1, -0.05) is 91.0 Å². The lowest BCUT2D eigenvalue weighted by molar-refractivity contribution is -0.121. The Kier molecular flexibility index (Phi) is 28.6. The molecular weight excluding hydrogens is 1940 g/mol. The number of anilines is 10. The lowest BCUT2D eigenvalue weighted by Gasteiger charge is -2.26. The molecule has 0 bridgehead atoms. The van der Waals surface area contributed by atoms with Gasteiger partial charge in [-0.05, 0) is 108 Å². The summed E-state index contributed by atoms with van der Waals surface area (Å²) >= 11 is 0. The van der Waals surface area contributed by atoms with Gasteiger partial charge in [0, 0.05) is 94.8 Å². The number of rotatable bonds is 30. The van der Waals surface area contributed by atoms with E-state index in [1.54, 1.807) is 54.6 Å². The number of nitrogens with one attached hydrogen (secondary N) is 6. The maximum atomic E-state index is 15.0. The zero-order valence-electron chi connectivity index (χ0n) is 69.2. The second kappa shape index (κ2) is 40.3. The maximum absolute atomic E-state index is 15.0. The number of ketones is 4. The number of fused-ring (bicyclic) bond motifs is 4. The van der Waals surface area contributed by atoms with E-state index in [1.165, 1.54) is 91.5 Å². The van der Waals surface area contributed by atoms with Crippen molar-refractivity contribution in [2.75, 3.05) is 45.0 Å². The van der Waals surface area contributed by atoms with Gasteiger partial charge < -0.3 is 70.2 Å². The van der Waals surface area contributed by atoms with Gasteiger partial charge >= 0.3 is 55.8 Å². The van der Waals surface area contributed by atoms with E-state index in [0.29, 0.717) is 5.56 Å². The number of aryl methyl sites for hydroxylation is 2. The minimum Gasteiger partial charge on any atom is -0.478 e. The number of ether oxygens (including phenoxy) is 4. The molecule has 48 nitrogen and oxygen atoms in total. The van der Waals surface area contributed by atoms with Gasteiger partial charge in [-0.25, -0.2) is 9.59 Å². The maximum Gasteiger partial charge on any atom is 0.425 e. The molecule has 0 unspecified atom stereocenters. The van der Waals surface area contributed by atoms with E-state index in [2.05, 4.69) is 61.8 Å². The number of aromatic nitrogens is 8.